The fourth-order valence-corrected chi connectivity index (χ4v) is 1.16. The molecule has 3 N–H and O–H groups in total. The van der Waals surface area contributed by atoms with Gasteiger partial charge >= 0.3 is 49.5 Å². The Kier molecular flexibility index (Phi) is 10.9. The van der Waals surface area contributed by atoms with Gasteiger partial charge in [-0.2, -0.15) is 0 Å². The minimum atomic E-state index is -1.62. The molecule has 0 unspecified atom stereocenters. The van der Waals surface area contributed by atoms with E-state index in [9.17, 15) is 14.4 Å². The Morgan fingerprint density at radius 2 is 1.00 bits per heavy atom. The van der Waals surface area contributed by atoms with Crippen molar-refractivity contribution in [1.29, 1.82) is 0 Å². The SMILES string of the molecule is C[C](=O)[Zn][OH].O=C(O)c1ccccc1.O=C(O)c1ccccc1. The van der Waals surface area contributed by atoms with Gasteiger partial charge in [0.05, 0.1) is 11.1 Å². The number of benzene rings is 2. The first-order valence-electron chi connectivity index (χ1n) is 6.55. The third-order valence-electron chi connectivity index (χ3n) is 2.26. The van der Waals surface area contributed by atoms with Crippen LogP contribution >= 0.6 is 0 Å². The van der Waals surface area contributed by atoms with Gasteiger partial charge in [-0.25, -0.2) is 9.59 Å². The summed E-state index contributed by atoms with van der Waals surface area (Å²) in [4.78, 5) is 30.0. The Bertz CT molecular complexity index is 563. The number of aromatic carboxylic acids is 2. The van der Waals surface area contributed by atoms with Crippen LogP contribution in [-0.2, 0) is 22.3 Å². The Balaban J connectivity index is 0.000000332. The van der Waals surface area contributed by atoms with Crippen molar-refractivity contribution < 1.29 is 46.0 Å². The van der Waals surface area contributed by atoms with E-state index in [0.717, 1.165) is 0 Å². The molecule has 23 heavy (non-hydrogen) atoms. The van der Waals surface area contributed by atoms with Crippen LogP contribution in [0.1, 0.15) is 27.6 Å². The van der Waals surface area contributed by atoms with Crippen molar-refractivity contribution in [2.24, 2.45) is 0 Å². The van der Waals surface area contributed by atoms with Gasteiger partial charge in [-0.3, -0.25) is 0 Å². The summed E-state index contributed by atoms with van der Waals surface area (Å²) in [5.41, 5.74) is 0.662. The van der Waals surface area contributed by atoms with Crippen LogP contribution in [-0.4, -0.2) is 30.5 Å². The molecule has 2 aromatic rings. The van der Waals surface area contributed by atoms with Gasteiger partial charge in [0.25, 0.3) is 0 Å². The minimum absolute atomic E-state index is 0.00231. The van der Waals surface area contributed by atoms with Crippen molar-refractivity contribution in [3.8, 4) is 0 Å². The normalized spacial score (nSPS) is 8.26. The van der Waals surface area contributed by atoms with Gasteiger partial charge in [-0.05, 0) is 24.3 Å². The molecule has 0 aliphatic rings. The number of carbonyl (C=O) groups excluding carboxylic acids is 1. The van der Waals surface area contributed by atoms with E-state index in [-0.39, 0.29) is 4.38 Å². The quantitative estimate of drug-likeness (QED) is 0.716. The van der Waals surface area contributed by atoms with Crippen molar-refractivity contribution in [3.05, 3.63) is 71.8 Å². The zero-order chi connectivity index (χ0) is 17.7. The molecule has 2 aromatic carbocycles. The number of carbonyl (C=O) groups is 3. The summed E-state index contributed by atoms with van der Waals surface area (Å²) in [6.07, 6.45) is 0. The zero-order valence-electron chi connectivity index (χ0n) is 12.5. The molecule has 0 atom stereocenters. The number of rotatable bonds is 3. The third kappa shape index (κ3) is 10.9. The predicted molar refractivity (Wildman–Crippen MR) is 79.7 cm³/mol. The second-order valence-electron chi connectivity index (χ2n) is 4.20. The summed E-state index contributed by atoms with van der Waals surface area (Å²) in [5, 5.41) is 16.8. The van der Waals surface area contributed by atoms with E-state index in [1.54, 1.807) is 60.7 Å². The van der Waals surface area contributed by atoms with Crippen LogP contribution in [0.2, 0.25) is 0 Å². The van der Waals surface area contributed by atoms with Crippen LogP contribution in [0.4, 0.5) is 0 Å². The molecule has 0 aliphatic carbocycles. The summed E-state index contributed by atoms with van der Waals surface area (Å²) >= 11 is -1.62. The monoisotopic (exact) mass is 368 g/mol. The first kappa shape index (κ1) is 20.6. The molecule has 0 fully saturated rings. The maximum atomic E-state index is 10.2. The van der Waals surface area contributed by atoms with E-state index in [2.05, 4.69) is 0 Å². The fourth-order valence-electron chi connectivity index (χ4n) is 1.16. The fraction of sp³-hybridized carbons (Fsp3) is 0.0625. The molecule has 0 aromatic heterocycles. The smallest absolute Gasteiger partial charge is 0.335 e. The van der Waals surface area contributed by atoms with Crippen LogP contribution in [0.5, 0.6) is 0 Å². The molecule has 0 heterocycles. The summed E-state index contributed by atoms with van der Waals surface area (Å²) in [5.74, 6) is -1.76. The molecule has 2 rings (SSSR count). The standard InChI is InChI=1S/2C7H6O2.C2H3O.H2O.Zn/c2*8-7(9)6-4-2-1-3-5-6;1-2-3;;/h2*1-5H,(H,8,9);1H3;1H2;/q;;;;+1/p-1. The number of hydrogen-bond donors (Lipinski definition) is 3. The molecule has 0 saturated carbocycles. The molecule has 0 amide bonds. The molecule has 6 nitrogen and oxygen atoms in total. The van der Waals surface area contributed by atoms with Crippen LogP contribution in [0.15, 0.2) is 60.7 Å². The van der Waals surface area contributed by atoms with Gasteiger partial charge in [0.1, 0.15) is 0 Å². The number of carboxylic acids is 2. The molecule has 0 aliphatic heterocycles. The van der Waals surface area contributed by atoms with Crippen LogP contribution < -0.4 is 0 Å². The molecule has 0 saturated heterocycles. The van der Waals surface area contributed by atoms with E-state index >= 15 is 0 Å². The molecule has 0 spiro atoms. The summed E-state index contributed by atoms with van der Waals surface area (Å²) < 4.78 is 7.98. The summed E-state index contributed by atoms with van der Waals surface area (Å²) in [6, 6.07) is 16.6. The summed E-state index contributed by atoms with van der Waals surface area (Å²) in [7, 11) is 0. The minimum Gasteiger partial charge on any atom is -0.478 e. The van der Waals surface area contributed by atoms with Crippen LogP contribution in [0.3, 0.4) is 0 Å². The topological polar surface area (TPSA) is 112 Å². The average Bonchev–Trinajstić information content (AvgIpc) is 2.57. The van der Waals surface area contributed by atoms with E-state index in [1.165, 1.54) is 6.92 Å². The molecule has 0 bridgehead atoms. The van der Waals surface area contributed by atoms with Gasteiger partial charge in [-0.1, -0.05) is 36.4 Å². The van der Waals surface area contributed by atoms with Gasteiger partial charge < -0.3 is 10.2 Å². The maximum Gasteiger partial charge on any atom is 0.335 e. The van der Waals surface area contributed by atoms with Crippen LogP contribution in [0, 0.1) is 0 Å². The van der Waals surface area contributed by atoms with Gasteiger partial charge in [-0.15, -0.1) is 0 Å². The zero-order valence-corrected chi connectivity index (χ0v) is 15.5. The van der Waals surface area contributed by atoms with E-state index < -0.39 is 29.4 Å². The van der Waals surface area contributed by atoms with Gasteiger partial charge in [0, 0.05) is 0 Å². The van der Waals surface area contributed by atoms with Crippen molar-refractivity contribution in [2.75, 3.05) is 0 Å². The van der Waals surface area contributed by atoms with E-state index in [0.29, 0.717) is 11.1 Å². The number of hydrogen-bond acceptors (Lipinski definition) is 4. The Morgan fingerprint density at radius 3 is 1.13 bits per heavy atom. The molecular weight excluding hydrogens is 354 g/mol. The Labute approximate surface area is 141 Å². The Morgan fingerprint density at radius 1 is 0.739 bits per heavy atom. The van der Waals surface area contributed by atoms with Crippen molar-refractivity contribution in [1.82, 2.24) is 0 Å². The van der Waals surface area contributed by atoms with Gasteiger partial charge in [0.2, 0.25) is 0 Å². The van der Waals surface area contributed by atoms with Gasteiger partial charge in [0.15, 0.2) is 0 Å². The average molecular weight is 370 g/mol. The molecule has 118 valence electrons. The Hall–Kier alpha value is -2.37. The predicted octanol–water partition coefficient (Wildman–Crippen LogP) is 2.29. The second-order valence-corrected chi connectivity index (χ2v) is 6.96. The molecule has 7 heteroatoms. The first-order chi connectivity index (χ1) is 10.9. The maximum absolute atomic E-state index is 10.2. The van der Waals surface area contributed by atoms with E-state index in [1.807, 2.05) is 0 Å². The molecular formula is C16H16O6Zn. The number of carboxylic acid groups (broad SMARTS) is 2. The van der Waals surface area contributed by atoms with Crippen molar-refractivity contribution >= 4 is 16.3 Å². The van der Waals surface area contributed by atoms with Crippen molar-refractivity contribution in [3.63, 3.8) is 0 Å². The van der Waals surface area contributed by atoms with Crippen LogP contribution in [0.25, 0.3) is 0 Å². The molecule has 0 radical (unpaired) electrons. The largest absolute Gasteiger partial charge is 0.478 e. The third-order valence-corrected chi connectivity index (χ3v) is 3.20. The van der Waals surface area contributed by atoms with E-state index in [4.69, 9.17) is 14.1 Å². The first-order valence-corrected chi connectivity index (χ1v) is 9.36. The second kappa shape index (κ2) is 12.2. The van der Waals surface area contributed by atoms with Crippen molar-refractivity contribution in [2.45, 2.75) is 6.92 Å². The summed E-state index contributed by atoms with van der Waals surface area (Å²) in [6.45, 7) is 1.42.